The molecule has 0 amide bonds. The van der Waals surface area contributed by atoms with Gasteiger partial charge in [-0.05, 0) is 12.3 Å². The lowest BCUT2D eigenvalue weighted by molar-refractivity contribution is -0.158. The van der Waals surface area contributed by atoms with Crippen LogP contribution in [-0.2, 0) is 14.3 Å². The van der Waals surface area contributed by atoms with Crippen molar-refractivity contribution in [3.05, 3.63) is 5.92 Å². The van der Waals surface area contributed by atoms with E-state index >= 15 is 0 Å². The highest BCUT2D eigenvalue weighted by Gasteiger charge is 2.06. The second kappa shape index (κ2) is 4.88. The van der Waals surface area contributed by atoms with Gasteiger partial charge < -0.3 is 4.74 Å². The van der Waals surface area contributed by atoms with E-state index < -0.39 is 11.9 Å². The average Bonchev–Trinajstić information content (AvgIpc) is 1.82. The predicted octanol–water partition coefficient (Wildman–Crippen LogP) is 1.47. The Kier molecular flexibility index (Phi) is 4.50. The minimum Gasteiger partial charge on any atom is -0.393 e. The smallest absolute Gasteiger partial charge is 0.313 e. The Morgan fingerprint density at radius 2 is 1.64 bits per heavy atom. The molecule has 3 nitrogen and oxygen atoms in total. The number of rotatable bonds is 3. The van der Waals surface area contributed by atoms with Gasteiger partial charge in [-0.3, -0.25) is 9.59 Å². The van der Waals surface area contributed by atoms with Crippen LogP contribution in [0.2, 0.25) is 0 Å². The molecule has 0 aromatic carbocycles. The van der Waals surface area contributed by atoms with Crippen LogP contribution in [0.25, 0.3) is 0 Å². The number of carbonyl (C=O) groups excluding carboxylic acids is 2. The molecule has 0 aliphatic carbocycles. The summed E-state index contributed by atoms with van der Waals surface area (Å²) in [6, 6.07) is 0. The van der Waals surface area contributed by atoms with Crippen LogP contribution >= 0.6 is 0 Å². The number of carbonyl (C=O) groups is 2. The molecule has 0 rings (SSSR count). The van der Waals surface area contributed by atoms with Crippen LogP contribution < -0.4 is 0 Å². The first-order chi connectivity index (χ1) is 5.02. The molecule has 0 saturated carbocycles. The van der Waals surface area contributed by atoms with Crippen molar-refractivity contribution in [1.82, 2.24) is 0 Å². The van der Waals surface area contributed by atoms with E-state index in [9.17, 15) is 9.59 Å². The monoisotopic (exact) mass is 157 g/mol. The van der Waals surface area contributed by atoms with Crippen LogP contribution in [0.1, 0.15) is 33.6 Å². The lowest BCUT2D eigenvalue weighted by atomic mass is 10.1. The summed E-state index contributed by atoms with van der Waals surface area (Å²) in [5, 5.41) is 0. The Balaban J connectivity index is 3.46. The van der Waals surface area contributed by atoms with Crippen LogP contribution in [0.5, 0.6) is 0 Å². The van der Waals surface area contributed by atoms with Crippen molar-refractivity contribution in [2.45, 2.75) is 33.6 Å². The van der Waals surface area contributed by atoms with Gasteiger partial charge in [-0.15, -0.1) is 0 Å². The van der Waals surface area contributed by atoms with Crippen LogP contribution in [-0.4, -0.2) is 11.9 Å². The predicted molar refractivity (Wildman–Crippen MR) is 40.6 cm³/mol. The fraction of sp³-hybridized carbons (Fsp3) is 0.625. The second-order valence-electron chi connectivity index (χ2n) is 2.67. The van der Waals surface area contributed by atoms with Crippen LogP contribution in [0.4, 0.5) is 0 Å². The Bertz CT molecular complexity index is 149. The number of ether oxygens (including phenoxy) is 1. The van der Waals surface area contributed by atoms with Gasteiger partial charge in [-0.25, -0.2) is 0 Å². The maximum Gasteiger partial charge on any atom is 0.313 e. The molecule has 0 spiro atoms. The molecule has 0 fully saturated rings. The molecule has 0 unspecified atom stereocenters. The zero-order valence-electron chi connectivity index (χ0n) is 7.14. The molecule has 0 atom stereocenters. The minimum atomic E-state index is -0.538. The third-order valence-corrected chi connectivity index (χ3v) is 1.09. The SMILES string of the molecule is C[C](C)CCC(=O)OC(C)=O. The molecule has 1 radical (unpaired) electrons. The summed E-state index contributed by atoms with van der Waals surface area (Å²) in [5.41, 5.74) is 0. The molecule has 0 aliphatic rings. The van der Waals surface area contributed by atoms with E-state index in [0.717, 1.165) is 5.92 Å². The summed E-state index contributed by atoms with van der Waals surface area (Å²) in [5.74, 6) is 0.174. The zero-order valence-corrected chi connectivity index (χ0v) is 7.14. The molecular weight excluding hydrogens is 144 g/mol. The molecule has 0 N–H and O–H groups in total. The summed E-state index contributed by atoms with van der Waals surface area (Å²) in [6.45, 7) is 5.09. The second-order valence-corrected chi connectivity index (χ2v) is 2.67. The van der Waals surface area contributed by atoms with E-state index in [-0.39, 0.29) is 0 Å². The van der Waals surface area contributed by atoms with Crippen molar-refractivity contribution in [2.24, 2.45) is 0 Å². The fourth-order valence-corrected chi connectivity index (χ4v) is 0.563. The largest absolute Gasteiger partial charge is 0.393 e. The Labute approximate surface area is 66.7 Å². The number of esters is 2. The van der Waals surface area contributed by atoms with Gasteiger partial charge in [-0.2, -0.15) is 0 Å². The van der Waals surface area contributed by atoms with Crippen molar-refractivity contribution in [2.75, 3.05) is 0 Å². The standard InChI is InChI=1S/C8H13O3/c1-6(2)4-5-8(10)11-7(3)9/h4-5H2,1-3H3. The van der Waals surface area contributed by atoms with Crippen LogP contribution in [0.15, 0.2) is 0 Å². The molecule has 0 saturated heterocycles. The van der Waals surface area contributed by atoms with E-state index in [1.165, 1.54) is 6.92 Å². The summed E-state index contributed by atoms with van der Waals surface area (Å²) >= 11 is 0. The maximum absolute atomic E-state index is 10.7. The third kappa shape index (κ3) is 7.03. The minimum absolute atomic E-state index is 0.294. The summed E-state index contributed by atoms with van der Waals surface area (Å²) in [7, 11) is 0. The lowest BCUT2D eigenvalue weighted by Gasteiger charge is -2.01. The van der Waals surface area contributed by atoms with Crippen LogP contribution in [0, 0.1) is 5.92 Å². The Morgan fingerprint density at radius 1 is 1.09 bits per heavy atom. The number of hydrogen-bond donors (Lipinski definition) is 0. The highest BCUT2D eigenvalue weighted by Crippen LogP contribution is 2.06. The number of hydrogen-bond acceptors (Lipinski definition) is 3. The van der Waals surface area contributed by atoms with Gasteiger partial charge >= 0.3 is 11.9 Å². The fourth-order valence-electron chi connectivity index (χ4n) is 0.563. The summed E-state index contributed by atoms with van der Waals surface area (Å²) < 4.78 is 4.31. The van der Waals surface area contributed by atoms with Gasteiger partial charge in [0.1, 0.15) is 0 Å². The van der Waals surface area contributed by atoms with Crippen molar-refractivity contribution < 1.29 is 14.3 Å². The molecular formula is C8H13O3. The first-order valence-corrected chi connectivity index (χ1v) is 3.52. The van der Waals surface area contributed by atoms with Gasteiger partial charge in [0.15, 0.2) is 0 Å². The Morgan fingerprint density at radius 3 is 2.00 bits per heavy atom. The van der Waals surface area contributed by atoms with E-state index in [1.807, 2.05) is 13.8 Å². The molecule has 0 aromatic heterocycles. The highest BCUT2D eigenvalue weighted by molar-refractivity contribution is 5.84. The summed E-state index contributed by atoms with van der Waals surface area (Å²) in [4.78, 5) is 21.0. The van der Waals surface area contributed by atoms with E-state index in [1.54, 1.807) is 0 Å². The normalized spacial score (nSPS) is 9.82. The first kappa shape index (κ1) is 10.1. The average molecular weight is 157 g/mol. The first-order valence-electron chi connectivity index (χ1n) is 3.52. The van der Waals surface area contributed by atoms with Gasteiger partial charge in [0.05, 0.1) is 0 Å². The third-order valence-electron chi connectivity index (χ3n) is 1.09. The molecule has 0 aromatic rings. The molecule has 0 heterocycles. The van der Waals surface area contributed by atoms with Gasteiger partial charge in [-0.1, -0.05) is 13.8 Å². The zero-order chi connectivity index (χ0) is 8.85. The summed E-state index contributed by atoms with van der Waals surface area (Å²) in [6.07, 6.45) is 0.980. The molecule has 63 valence electrons. The molecule has 11 heavy (non-hydrogen) atoms. The molecule has 0 aliphatic heterocycles. The van der Waals surface area contributed by atoms with E-state index in [2.05, 4.69) is 4.74 Å². The van der Waals surface area contributed by atoms with Crippen molar-refractivity contribution >= 4 is 11.9 Å². The topological polar surface area (TPSA) is 43.4 Å². The lowest BCUT2D eigenvalue weighted by Crippen LogP contribution is -2.09. The Hall–Kier alpha value is -0.860. The van der Waals surface area contributed by atoms with Crippen molar-refractivity contribution in [1.29, 1.82) is 0 Å². The molecule has 0 bridgehead atoms. The van der Waals surface area contributed by atoms with Gasteiger partial charge in [0, 0.05) is 13.3 Å². The van der Waals surface area contributed by atoms with Gasteiger partial charge in [0.2, 0.25) is 0 Å². The highest BCUT2D eigenvalue weighted by atomic mass is 16.6. The van der Waals surface area contributed by atoms with Crippen molar-refractivity contribution in [3.63, 3.8) is 0 Å². The van der Waals surface area contributed by atoms with E-state index in [4.69, 9.17) is 0 Å². The van der Waals surface area contributed by atoms with Gasteiger partial charge in [0.25, 0.3) is 0 Å². The van der Waals surface area contributed by atoms with E-state index in [0.29, 0.717) is 12.8 Å². The van der Waals surface area contributed by atoms with Crippen LogP contribution in [0.3, 0.4) is 0 Å². The molecule has 3 heteroatoms. The van der Waals surface area contributed by atoms with Crippen molar-refractivity contribution in [3.8, 4) is 0 Å². The quantitative estimate of drug-likeness (QED) is 0.460. The maximum atomic E-state index is 10.7.